The van der Waals surface area contributed by atoms with Gasteiger partial charge in [-0.15, -0.1) is 0 Å². The van der Waals surface area contributed by atoms with Crippen LogP contribution in [0.2, 0.25) is 0 Å². The third-order valence-electron chi connectivity index (χ3n) is 4.24. The molecular formula is C14H22N4O2S. The Balaban J connectivity index is 2.48. The van der Waals surface area contributed by atoms with Crippen LogP contribution >= 0.6 is 12.2 Å². The van der Waals surface area contributed by atoms with E-state index in [-0.39, 0.29) is 11.8 Å². The van der Waals surface area contributed by atoms with E-state index in [9.17, 15) is 9.59 Å². The molecule has 0 saturated carbocycles. The minimum atomic E-state index is -0.572. The molecule has 7 heteroatoms. The van der Waals surface area contributed by atoms with Crippen LogP contribution < -0.4 is 16.0 Å². The fraction of sp³-hybridized carbons (Fsp3) is 0.643. The van der Waals surface area contributed by atoms with E-state index < -0.39 is 5.54 Å². The number of nitrogens with zero attached hydrogens (tertiary/aromatic N) is 1. The smallest absolute Gasteiger partial charge is 0.256 e. The second kappa shape index (κ2) is 6.11. The first-order chi connectivity index (χ1) is 9.97. The molecule has 1 fully saturated rings. The van der Waals surface area contributed by atoms with Gasteiger partial charge in [-0.2, -0.15) is 0 Å². The minimum Gasteiger partial charge on any atom is -0.363 e. The highest BCUT2D eigenvalue weighted by atomic mass is 32.1. The van der Waals surface area contributed by atoms with Crippen molar-refractivity contribution in [2.75, 3.05) is 26.2 Å². The maximum absolute atomic E-state index is 12.3. The number of amides is 2. The number of hydrogen-bond donors (Lipinski definition) is 3. The van der Waals surface area contributed by atoms with E-state index in [1.165, 1.54) is 0 Å². The van der Waals surface area contributed by atoms with Crippen molar-refractivity contribution in [2.24, 2.45) is 0 Å². The van der Waals surface area contributed by atoms with Crippen LogP contribution in [0.5, 0.6) is 0 Å². The Morgan fingerprint density at radius 3 is 2.62 bits per heavy atom. The van der Waals surface area contributed by atoms with Crippen molar-refractivity contribution in [3.8, 4) is 0 Å². The maximum atomic E-state index is 12.3. The molecule has 1 saturated heterocycles. The van der Waals surface area contributed by atoms with E-state index in [1.807, 2.05) is 13.8 Å². The van der Waals surface area contributed by atoms with Crippen molar-refractivity contribution < 1.29 is 9.59 Å². The van der Waals surface area contributed by atoms with Crippen LogP contribution in [0.4, 0.5) is 0 Å². The van der Waals surface area contributed by atoms with E-state index in [4.69, 9.17) is 12.2 Å². The first-order valence-corrected chi connectivity index (χ1v) is 7.72. The van der Waals surface area contributed by atoms with Gasteiger partial charge in [0.05, 0.1) is 11.1 Å². The molecule has 2 aliphatic rings. The molecule has 0 aromatic heterocycles. The lowest BCUT2D eigenvalue weighted by atomic mass is 9.81. The summed E-state index contributed by atoms with van der Waals surface area (Å²) >= 11 is 5.48. The average Bonchev–Trinajstić information content (AvgIpc) is 2.72. The summed E-state index contributed by atoms with van der Waals surface area (Å²) in [4.78, 5) is 26.2. The van der Waals surface area contributed by atoms with Crippen LogP contribution in [-0.4, -0.2) is 53.5 Å². The summed E-state index contributed by atoms with van der Waals surface area (Å²) in [6.07, 6.45) is 0.693. The Kier molecular flexibility index (Phi) is 4.63. The van der Waals surface area contributed by atoms with Gasteiger partial charge in [-0.3, -0.25) is 14.9 Å². The first kappa shape index (κ1) is 15.9. The number of carbonyl (C=O) groups excluding carboxylic acids is 2. The van der Waals surface area contributed by atoms with Crippen LogP contribution in [0.3, 0.4) is 0 Å². The average molecular weight is 310 g/mol. The quantitative estimate of drug-likeness (QED) is 0.500. The second-order valence-electron chi connectivity index (χ2n) is 5.33. The summed E-state index contributed by atoms with van der Waals surface area (Å²) in [6, 6.07) is 0. The van der Waals surface area contributed by atoms with Crippen molar-refractivity contribution in [1.82, 2.24) is 20.9 Å². The highest BCUT2D eigenvalue weighted by Gasteiger charge is 2.48. The Morgan fingerprint density at radius 1 is 1.38 bits per heavy atom. The predicted molar refractivity (Wildman–Crippen MR) is 84.7 cm³/mol. The zero-order chi connectivity index (χ0) is 15.6. The Hall–Kier alpha value is -1.47. The molecule has 2 aliphatic heterocycles. The SMILES string of the molecule is CCNC(=S)N1CCNCC1(CC)C1=C(C)C(=O)NC1=O. The van der Waals surface area contributed by atoms with Gasteiger partial charge >= 0.3 is 0 Å². The van der Waals surface area contributed by atoms with Gasteiger partial charge in [0.2, 0.25) is 0 Å². The van der Waals surface area contributed by atoms with Crippen LogP contribution in [0.25, 0.3) is 0 Å². The summed E-state index contributed by atoms with van der Waals surface area (Å²) < 4.78 is 0. The molecule has 1 unspecified atom stereocenters. The molecule has 1 atom stereocenters. The normalized spacial score (nSPS) is 26.1. The van der Waals surface area contributed by atoms with Gasteiger partial charge in [0.25, 0.3) is 11.8 Å². The van der Waals surface area contributed by atoms with Crippen LogP contribution in [0.1, 0.15) is 27.2 Å². The van der Waals surface area contributed by atoms with E-state index in [1.54, 1.807) is 6.92 Å². The third-order valence-corrected chi connectivity index (χ3v) is 4.60. The topological polar surface area (TPSA) is 73.5 Å². The van der Waals surface area contributed by atoms with E-state index in [2.05, 4.69) is 20.9 Å². The monoisotopic (exact) mass is 310 g/mol. The lowest BCUT2D eigenvalue weighted by Crippen LogP contribution is -2.66. The second-order valence-corrected chi connectivity index (χ2v) is 5.72. The molecule has 0 aliphatic carbocycles. The standard InChI is InChI=1S/C14H22N4O2S/c1-4-14(10-9(3)11(19)17-12(10)20)8-15-6-7-18(14)13(21)16-5-2/h15H,4-8H2,1-3H3,(H,16,21)(H,17,19,20). The minimum absolute atomic E-state index is 0.299. The third kappa shape index (κ3) is 2.55. The molecule has 3 N–H and O–H groups in total. The Labute approximate surface area is 130 Å². The summed E-state index contributed by atoms with van der Waals surface area (Å²) in [5, 5.41) is 9.52. The largest absolute Gasteiger partial charge is 0.363 e. The molecule has 2 amide bonds. The fourth-order valence-corrected chi connectivity index (χ4v) is 3.57. The number of carbonyl (C=O) groups is 2. The van der Waals surface area contributed by atoms with Gasteiger partial charge in [-0.05, 0) is 32.5 Å². The number of hydrogen-bond acceptors (Lipinski definition) is 4. The van der Waals surface area contributed by atoms with E-state index >= 15 is 0 Å². The predicted octanol–water partition coefficient (Wildman–Crippen LogP) is -0.0923. The molecular weight excluding hydrogens is 288 g/mol. The van der Waals surface area contributed by atoms with Crippen LogP contribution in [-0.2, 0) is 9.59 Å². The van der Waals surface area contributed by atoms with Gasteiger partial charge in [0, 0.05) is 31.8 Å². The molecule has 0 aromatic rings. The van der Waals surface area contributed by atoms with Crippen molar-refractivity contribution in [1.29, 1.82) is 0 Å². The molecule has 2 rings (SSSR count). The zero-order valence-electron chi connectivity index (χ0n) is 12.7. The van der Waals surface area contributed by atoms with Gasteiger partial charge in [0.1, 0.15) is 0 Å². The Bertz CT molecular complexity index is 517. The maximum Gasteiger partial charge on any atom is 0.256 e. The van der Waals surface area contributed by atoms with Crippen LogP contribution in [0.15, 0.2) is 11.1 Å². The van der Waals surface area contributed by atoms with Gasteiger partial charge in [-0.25, -0.2) is 0 Å². The fourth-order valence-electron chi connectivity index (χ4n) is 3.16. The molecule has 0 aromatic carbocycles. The van der Waals surface area contributed by atoms with E-state index in [0.717, 1.165) is 13.1 Å². The summed E-state index contributed by atoms with van der Waals surface area (Å²) in [5.41, 5.74) is 0.468. The lowest BCUT2D eigenvalue weighted by Gasteiger charge is -2.49. The van der Waals surface area contributed by atoms with Gasteiger partial charge in [0.15, 0.2) is 5.11 Å². The van der Waals surface area contributed by atoms with E-state index in [0.29, 0.717) is 35.8 Å². The molecule has 0 radical (unpaired) electrons. The van der Waals surface area contributed by atoms with Crippen molar-refractivity contribution >= 4 is 29.1 Å². The number of thiocarbonyl (C=S) groups is 1. The molecule has 21 heavy (non-hydrogen) atoms. The summed E-state index contributed by atoms with van der Waals surface area (Å²) in [5.74, 6) is -0.602. The Morgan fingerprint density at radius 2 is 2.10 bits per heavy atom. The number of piperazine rings is 1. The number of imide groups is 1. The highest BCUT2D eigenvalue weighted by molar-refractivity contribution is 7.80. The first-order valence-electron chi connectivity index (χ1n) is 7.31. The van der Waals surface area contributed by atoms with Crippen molar-refractivity contribution in [3.63, 3.8) is 0 Å². The molecule has 2 heterocycles. The lowest BCUT2D eigenvalue weighted by molar-refractivity contribution is -0.124. The molecule has 0 spiro atoms. The van der Waals surface area contributed by atoms with Crippen molar-refractivity contribution in [2.45, 2.75) is 32.7 Å². The molecule has 116 valence electrons. The zero-order valence-corrected chi connectivity index (χ0v) is 13.5. The number of rotatable bonds is 3. The number of nitrogens with one attached hydrogen (secondary N) is 3. The highest BCUT2D eigenvalue weighted by Crippen LogP contribution is 2.34. The van der Waals surface area contributed by atoms with Crippen molar-refractivity contribution in [3.05, 3.63) is 11.1 Å². The summed E-state index contributed by atoms with van der Waals surface area (Å²) in [7, 11) is 0. The van der Waals surface area contributed by atoms with Gasteiger partial charge in [-0.1, -0.05) is 6.92 Å². The summed E-state index contributed by atoms with van der Waals surface area (Å²) in [6.45, 7) is 8.54. The molecule has 6 nitrogen and oxygen atoms in total. The van der Waals surface area contributed by atoms with Crippen LogP contribution in [0, 0.1) is 0 Å². The van der Waals surface area contributed by atoms with Gasteiger partial charge < -0.3 is 15.5 Å². The molecule has 0 bridgehead atoms.